The van der Waals surface area contributed by atoms with Gasteiger partial charge in [0.25, 0.3) is 0 Å². The van der Waals surface area contributed by atoms with Crippen molar-refractivity contribution in [2.75, 3.05) is 6.61 Å². The third kappa shape index (κ3) is 3.19. The maximum absolute atomic E-state index is 11.3. The number of rotatable bonds is 5. The quantitative estimate of drug-likeness (QED) is 0.558. The largest absolute Gasteiger partial charge is 0.458 e. The second-order valence-corrected chi connectivity index (χ2v) is 5.05. The van der Waals surface area contributed by atoms with E-state index in [4.69, 9.17) is 18.9 Å². The minimum atomic E-state index is -0.738. The van der Waals surface area contributed by atoms with Crippen molar-refractivity contribution in [2.24, 2.45) is 5.92 Å². The van der Waals surface area contributed by atoms with Gasteiger partial charge in [0.05, 0.1) is 12.7 Å². The molecule has 1 heterocycles. The van der Waals surface area contributed by atoms with Crippen molar-refractivity contribution in [3.8, 4) is 0 Å². The molecule has 1 saturated heterocycles. The summed E-state index contributed by atoms with van der Waals surface area (Å²) < 4.78 is 21.9. The zero-order valence-electron chi connectivity index (χ0n) is 11.7. The molecule has 2 aliphatic rings. The van der Waals surface area contributed by atoms with Crippen molar-refractivity contribution < 1.29 is 28.5 Å². The van der Waals surface area contributed by atoms with Gasteiger partial charge >= 0.3 is 11.9 Å². The Morgan fingerprint density at radius 2 is 1.85 bits per heavy atom. The van der Waals surface area contributed by atoms with Crippen molar-refractivity contribution in [1.29, 1.82) is 0 Å². The highest BCUT2D eigenvalue weighted by Gasteiger charge is 2.53. The first-order valence-electron chi connectivity index (χ1n) is 6.75. The number of ether oxygens (including phenoxy) is 4. The fourth-order valence-electron chi connectivity index (χ4n) is 2.65. The highest BCUT2D eigenvalue weighted by atomic mass is 16.7. The van der Waals surface area contributed by atoms with Gasteiger partial charge < -0.3 is 18.9 Å². The zero-order valence-corrected chi connectivity index (χ0v) is 11.7. The van der Waals surface area contributed by atoms with Gasteiger partial charge in [-0.2, -0.15) is 0 Å². The minimum Gasteiger partial charge on any atom is -0.458 e. The second kappa shape index (κ2) is 6.37. The Labute approximate surface area is 118 Å². The van der Waals surface area contributed by atoms with E-state index in [0.29, 0.717) is 0 Å². The molecule has 2 rings (SSSR count). The summed E-state index contributed by atoms with van der Waals surface area (Å²) in [5.41, 5.74) is 0. The number of carbonyl (C=O) groups is 2. The van der Waals surface area contributed by atoms with Crippen LogP contribution in [0.3, 0.4) is 0 Å². The molecule has 0 bridgehead atoms. The Morgan fingerprint density at radius 1 is 1.20 bits per heavy atom. The highest BCUT2D eigenvalue weighted by Crippen LogP contribution is 2.42. The molecule has 0 aromatic carbocycles. The summed E-state index contributed by atoms with van der Waals surface area (Å²) in [5.74, 6) is -0.797. The van der Waals surface area contributed by atoms with Crippen molar-refractivity contribution in [3.63, 3.8) is 0 Å². The summed E-state index contributed by atoms with van der Waals surface area (Å²) in [4.78, 5) is 22.6. The van der Waals surface area contributed by atoms with Crippen LogP contribution >= 0.6 is 0 Å². The molecule has 5 unspecified atom stereocenters. The molecule has 2 fully saturated rings. The Morgan fingerprint density at radius 3 is 2.35 bits per heavy atom. The molecule has 0 spiro atoms. The summed E-state index contributed by atoms with van der Waals surface area (Å²) in [6.07, 6.45) is 1.36. The topological polar surface area (TPSA) is 71.1 Å². The Balaban J connectivity index is 2.15. The molecule has 1 saturated carbocycles. The number of hydrogen-bond acceptors (Lipinski definition) is 6. The summed E-state index contributed by atoms with van der Waals surface area (Å²) in [7, 11) is 0. The molecule has 6 nitrogen and oxygen atoms in total. The molecule has 0 radical (unpaired) electrons. The van der Waals surface area contributed by atoms with Crippen molar-refractivity contribution >= 4 is 11.9 Å². The molecule has 0 amide bonds. The lowest BCUT2D eigenvalue weighted by Gasteiger charge is -2.50. The second-order valence-electron chi connectivity index (χ2n) is 5.05. The molecule has 0 aromatic rings. The lowest BCUT2D eigenvalue weighted by Crippen LogP contribution is -2.61. The molecule has 1 aliphatic carbocycles. The van der Waals surface area contributed by atoms with Crippen molar-refractivity contribution in [1.82, 2.24) is 0 Å². The summed E-state index contributed by atoms with van der Waals surface area (Å²) in [6, 6.07) is 0. The number of hydrogen-bond donors (Lipinski definition) is 0. The number of fused-ring (bicyclic) bond motifs is 1. The van der Waals surface area contributed by atoms with Crippen LogP contribution in [0.15, 0.2) is 12.7 Å². The van der Waals surface area contributed by atoms with E-state index in [-0.39, 0.29) is 18.6 Å². The first-order chi connectivity index (χ1) is 9.52. The molecule has 112 valence electrons. The van der Waals surface area contributed by atoms with Crippen LogP contribution in [0.4, 0.5) is 0 Å². The molecule has 0 aromatic heterocycles. The van der Waals surface area contributed by atoms with Gasteiger partial charge in [0, 0.05) is 19.8 Å². The SMILES string of the molecule is C=CCOC1OC2CCC2C(OC(C)=O)C1OC(C)=O. The van der Waals surface area contributed by atoms with Gasteiger partial charge in [-0.1, -0.05) is 6.08 Å². The monoisotopic (exact) mass is 284 g/mol. The molecule has 6 heteroatoms. The van der Waals surface area contributed by atoms with Crippen LogP contribution in [-0.4, -0.2) is 43.1 Å². The van der Waals surface area contributed by atoms with E-state index in [1.54, 1.807) is 6.08 Å². The first-order valence-corrected chi connectivity index (χ1v) is 6.75. The van der Waals surface area contributed by atoms with E-state index in [1.165, 1.54) is 13.8 Å². The van der Waals surface area contributed by atoms with Crippen LogP contribution in [0.25, 0.3) is 0 Å². The van der Waals surface area contributed by atoms with Crippen molar-refractivity contribution in [2.45, 2.75) is 51.3 Å². The summed E-state index contributed by atoms with van der Waals surface area (Å²) in [5, 5.41) is 0. The van der Waals surface area contributed by atoms with Crippen LogP contribution in [0.1, 0.15) is 26.7 Å². The van der Waals surface area contributed by atoms with Gasteiger partial charge in [0.1, 0.15) is 6.10 Å². The van der Waals surface area contributed by atoms with Crippen LogP contribution in [0.2, 0.25) is 0 Å². The third-order valence-corrected chi connectivity index (χ3v) is 3.57. The van der Waals surface area contributed by atoms with E-state index in [9.17, 15) is 9.59 Å². The van der Waals surface area contributed by atoms with Crippen LogP contribution in [-0.2, 0) is 28.5 Å². The Bertz CT molecular complexity index is 393. The van der Waals surface area contributed by atoms with Gasteiger partial charge in [-0.3, -0.25) is 9.59 Å². The van der Waals surface area contributed by atoms with Crippen LogP contribution < -0.4 is 0 Å². The smallest absolute Gasteiger partial charge is 0.303 e. The lowest BCUT2D eigenvalue weighted by atomic mass is 9.74. The minimum absolute atomic E-state index is 0.0130. The van der Waals surface area contributed by atoms with E-state index < -0.39 is 30.4 Å². The molecule has 20 heavy (non-hydrogen) atoms. The third-order valence-electron chi connectivity index (χ3n) is 3.57. The summed E-state index contributed by atoms with van der Waals surface area (Å²) in [6.45, 7) is 6.49. The zero-order chi connectivity index (χ0) is 14.7. The fourth-order valence-corrected chi connectivity index (χ4v) is 2.65. The molecular weight excluding hydrogens is 264 g/mol. The van der Waals surface area contributed by atoms with Crippen LogP contribution in [0.5, 0.6) is 0 Å². The first kappa shape index (κ1) is 15.0. The van der Waals surface area contributed by atoms with E-state index in [1.807, 2.05) is 0 Å². The maximum atomic E-state index is 11.3. The molecule has 0 N–H and O–H groups in total. The highest BCUT2D eigenvalue weighted by molar-refractivity contribution is 5.67. The van der Waals surface area contributed by atoms with Gasteiger partial charge in [0.2, 0.25) is 0 Å². The normalized spacial score (nSPS) is 35.4. The van der Waals surface area contributed by atoms with Gasteiger partial charge in [-0.05, 0) is 12.8 Å². The lowest BCUT2D eigenvalue weighted by molar-refractivity contribution is -0.308. The van der Waals surface area contributed by atoms with Gasteiger partial charge in [-0.25, -0.2) is 0 Å². The van der Waals surface area contributed by atoms with Crippen LogP contribution in [0, 0.1) is 5.92 Å². The predicted molar refractivity (Wildman–Crippen MR) is 68.6 cm³/mol. The average molecular weight is 284 g/mol. The number of esters is 2. The van der Waals surface area contributed by atoms with E-state index >= 15 is 0 Å². The molecular formula is C14H20O6. The number of carbonyl (C=O) groups excluding carboxylic acids is 2. The Hall–Kier alpha value is -1.40. The van der Waals surface area contributed by atoms with Crippen molar-refractivity contribution in [3.05, 3.63) is 12.7 Å². The van der Waals surface area contributed by atoms with Gasteiger partial charge in [-0.15, -0.1) is 6.58 Å². The maximum Gasteiger partial charge on any atom is 0.303 e. The average Bonchev–Trinajstić information content (AvgIpc) is 2.32. The fraction of sp³-hybridized carbons (Fsp3) is 0.714. The van der Waals surface area contributed by atoms with Gasteiger partial charge in [0.15, 0.2) is 12.4 Å². The predicted octanol–water partition coefficient (Wildman–Crippen LogP) is 1.19. The molecule has 1 aliphatic heterocycles. The summed E-state index contributed by atoms with van der Waals surface area (Å²) >= 11 is 0. The Kier molecular flexibility index (Phi) is 4.77. The van der Waals surface area contributed by atoms with E-state index in [2.05, 4.69) is 6.58 Å². The standard InChI is InChI=1S/C14H20O6/c1-4-7-17-14-13(19-9(3)16)12(18-8(2)15)10-5-6-11(10)20-14/h4,10-14H,1,5-7H2,2-3H3. The van der Waals surface area contributed by atoms with E-state index in [0.717, 1.165) is 12.8 Å². The molecule has 5 atom stereocenters.